The van der Waals surface area contributed by atoms with Crippen molar-refractivity contribution in [2.45, 2.75) is 30.2 Å². The Labute approximate surface area is 160 Å². The molecule has 0 aliphatic carbocycles. The van der Waals surface area contributed by atoms with Crippen molar-refractivity contribution in [1.82, 2.24) is 19.8 Å². The van der Waals surface area contributed by atoms with E-state index in [1.54, 1.807) is 0 Å². The van der Waals surface area contributed by atoms with E-state index in [1.165, 1.54) is 18.2 Å². The molecule has 2 aliphatic heterocycles. The molecular formula is C18H27FN4O3S. The Morgan fingerprint density at radius 3 is 2.78 bits per heavy atom. The number of carbonyl (C=O) groups excluding carboxylic acids is 1. The minimum absolute atomic E-state index is 0.0616. The van der Waals surface area contributed by atoms with E-state index in [0.29, 0.717) is 19.5 Å². The maximum atomic E-state index is 13.3. The number of piperazine rings is 1. The Bertz CT molecular complexity index is 753. The molecule has 2 saturated heterocycles. The topological polar surface area (TPSA) is 81.8 Å². The van der Waals surface area contributed by atoms with E-state index in [2.05, 4.69) is 14.9 Å². The molecule has 0 saturated carbocycles. The lowest BCUT2D eigenvalue weighted by atomic mass is 10.1. The summed E-state index contributed by atoms with van der Waals surface area (Å²) in [6.45, 7) is 5.19. The van der Waals surface area contributed by atoms with Crippen LogP contribution in [0.2, 0.25) is 0 Å². The largest absolute Gasteiger partial charge is 0.340 e. The second-order valence-electron chi connectivity index (χ2n) is 7.10. The molecule has 0 spiro atoms. The lowest BCUT2D eigenvalue weighted by molar-refractivity contribution is -0.132. The van der Waals surface area contributed by atoms with E-state index in [-0.39, 0.29) is 16.8 Å². The van der Waals surface area contributed by atoms with Crippen LogP contribution < -0.4 is 10.0 Å². The van der Waals surface area contributed by atoms with Crippen LogP contribution in [0.25, 0.3) is 0 Å². The average Bonchev–Trinajstić information content (AvgIpc) is 2.67. The van der Waals surface area contributed by atoms with Crippen LogP contribution in [0.1, 0.15) is 19.3 Å². The smallest absolute Gasteiger partial charge is 0.240 e. The first-order chi connectivity index (χ1) is 12.9. The molecule has 150 valence electrons. The van der Waals surface area contributed by atoms with E-state index < -0.39 is 15.8 Å². The quantitative estimate of drug-likeness (QED) is 0.725. The molecule has 2 N–H and O–H groups in total. The Kier molecular flexibility index (Phi) is 6.80. The standard InChI is InChI=1S/C18H27FN4O3S/c19-15-3-1-5-17(13-15)27(25,26)21-16-4-2-9-22(14-16)10-6-18(24)23-11-7-20-8-12-23/h1,3,5,13,16,20-21H,2,4,6-12,14H2. The third-order valence-electron chi connectivity index (χ3n) is 5.05. The fourth-order valence-corrected chi connectivity index (χ4v) is 4.90. The van der Waals surface area contributed by atoms with Gasteiger partial charge in [-0.3, -0.25) is 4.79 Å². The summed E-state index contributed by atoms with van der Waals surface area (Å²) in [6.07, 6.45) is 2.04. The zero-order valence-electron chi connectivity index (χ0n) is 15.4. The maximum absolute atomic E-state index is 13.3. The fraction of sp³-hybridized carbons (Fsp3) is 0.611. The third kappa shape index (κ3) is 5.71. The van der Waals surface area contributed by atoms with Gasteiger partial charge in [-0.1, -0.05) is 6.07 Å². The number of sulfonamides is 1. The summed E-state index contributed by atoms with van der Waals surface area (Å²) in [4.78, 5) is 16.2. The van der Waals surface area contributed by atoms with Gasteiger partial charge < -0.3 is 15.1 Å². The van der Waals surface area contributed by atoms with Gasteiger partial charge in [0.15, 0.2) is 0 Å². The van der Waals surface area contributed by atoms with Crippen LogP contribution in [0.15, 0.2) is 29.2 Å². The van der Waals surface area contributed by atoms with Crippen molar-refractivity contribution in [1.29, 1.82) is 0 Å². The highest BCUT2D eigenvalue weighted by molar-refractivity contribution is 7.89. The van der Waals surface area contributed by atoms with Crippen LogP contribution in [0, 0.1) is 5.82 Å². The lowest BCUT2D eigenvalue weighted by Gasteiger charge is -2.34. The fourth-order valence-electron chi connectivity index (χ4n) is 3.60. The molecule has 9 heteroatoms. The molecule has 0 radical (unpaired) electrons. The second kappa shape index (κ2) is 9.09. The highest BCUT2D eigenvalue weighted by Crippen LogP contribution is 2.16. The Hall–Kier alpha value is -1.55. The molecule has 27 heavy (non-hydrogen) atoms. The van der Waals surface area contributed by atoms with Crippen molar-refractivity contribution in [3.63, 3.8) is 0 Å². The molecule has 0 aromatic heterocycles. The van der Waals surface area contributed by atoms with Gasteiger partial charge >= 0.3 is 0 Å². The Balaban J connectivity index is 1.51. The summed E-state index contributed by atoms with van der Waals surface area (Å²) in [7, 11) is -3.75. The van der Waals surface area contributed by atoms with Gasteiger partial charge in [0.25, 0.3) is 0 Å². The van der Waals surface area contributed by atoms with Gasteiger partial charge in [0.2, 0.25) is 15.9 Å². The summed E-state index contributed by atoms with van der Waals surface area (Å²) in [5.41, 5.74) is 0. The Morgan fingerprint density at radius 2 is 2.04 bits per heavy atom. The molecule has 2 aliphatic rings. The van der Waals surface area contributed by atoms with Crippen LogP contribution in [0.3, 0.4) is 0 Å². The highest BCUT2D eigenvalue weighted by atomic mass is 32.2. The molecule has 2 heterocycles. The summed E-state index contributed by atoms with van der Waals surface area (Å²) < 4.78 is 40.9. The average molecular weight is 399 g/mol. The van der Waals surface area contributed by atoms with Crippen molar-refractivity contribution in [3.8, 4) is 0 Å². The van der Waals surface area contributed by atoms with E-state index in [9.17, 15) is 17.6 Å². The number of benzene rings is 1. The number of carbonyl (C=O) groups is 1. The minimum atomic E-state index is -3.75. The number of halogens is 1. The van der Waals surface area contributed by atoms with Crippen molar-refractivity contribution in [3.05, 3.63) is 30.1 Å². The third-order valence-corrected chi connectivity index (χ3v) is 6.56. The first-order valence-corrected chi connectivity index (χ1v) is 10.9. The van der Waals surface area contributed by atoms with Gasteiger partial charge in [0, 0.05) is 51.7 Å². The molecular weight excluding hydrogens is 371 g/mol. The van der Waals surface area contributed by atoms with Gasteiger partial charge in [0.05, 0.1) is 4.90 Å². The SMILES string of the molecule is O=C(CCN1CCCC(NS(=O)(=O)c2cccc(F)c2)C1)N1CCNCC1. The predicted molar refractivity (Wildman–Crippen MR) is 100 cm³/mol. The molecule has 3 rings (SSSR count). The van der Waals surface area contributed by atoms with Crippen molar-refractivity contribution >= 4 is 15.9 Å². The van der Waals surface area contributed by atoms with Crippen LogP contribution in [-0.4, -0.2) is 76.0 Å². The number of hydrogen-bond acceptors (Lipinski definition) is 5. The van der Waals surface area contributed by atoms with Crippen molar-refractivity contribution < 1.29 is 17.6 Å². The molecule has 1 amide bonds. The van der Waals surface area contributed by atoms with Gasteiger partial charge in [-0.05, 0) is 37.6 Å². The van der Waals surface area contributed by atoms with Crippen LogP contribution >= 0.6 is 0 Å². The zero-order chi connectivity index (χ0) is 19.3. The van der Waals surface area contributed by atoms with Gasteiger partial charge in [-0.25, -0.2) is 17.5 Å². The van der Waals surface area contributed by atoms with Crippen LogP contribution in [-0.2, 0) is 14.8 Å². The van der Waals surface area contributed by atoms with Crippen molar-refractivity contribution in [2.24, 2.45) is 0 Å². The number of amides is 1. The molecule has 2 fully saturated rings. The molecule has 0 bridgehead atoms. The molecule has 1 atom stereocenters. The summed E-state index contributed by atoms with van der Waals surface area (Å²) >= 11 is 0. The number of nitrogens with one attached hydrogen (secondary N) is 2. The number of piperidine rings is 1. The van der Waals surface area contributed by atoms with E-state index in [1.807, 2.05) is 4.90 Å². The number of likely N-dealkylation sites (tertiary alicyclic amines) is 1. The number of hydrogen-bond donors (Lipinski definition) is 2. The number of rotatable bonds is 6. The molecule has 7 nitrogen and oxygen atoms in total. The summed E-state index contributed by atoms with van der Waals surface area (Å²) in [5.74, 6) is -0.423. The lowest BCUT2D eigenvalue weighted by Crippen LogP contribution is -2.49. The maximum Gasteiger partial charge on any atom is 0.240 e. The van der Waals surface area contributed by atoms with Gasteiger partial charge in [-0.2, -0.15) is 0 Å². The first kappa shape index (κ1) is 20.2. The monoisotopic (exact) mass is 398 g/mol. The first-order valence-electron chi connectivity index (χ1n) is 9.43. The second-order valence-corrected chi connectivity index (χ2v) is 8.81. The van der Waals surface area contributed by atoms with Crippen LogP contribution in [0.5, 0.6) is 0 Å². The van der Waals surface area contributed by atoms with E-state index in [4.69, 9.17) is 0 Å². The summed E-state index contributed by atoms with van der Waals surface area (Å²) in [6, 6.07) is 4.78. The zero-order valence-corrected chi connectivity index (χ0v) is 16.2. The molecule has 1 aromatic rings. The van der Waals surface area contributed by atoms with Gasteiger partial charge in [-0.15, -0.1) is 0 Å². The summed E-state index contributed by atoms with van der Waals surface area (Å²) in [5, 5.41) is 3.23. The van der Waals surface area contributed by atoms with Gasteiger partial charge in [0.1, 0.15) is 5.82 Å². The van der Waals surface area contributed by atoms with E-state index in [0.717, 1.165) is 51.6 Å². The van der Waals surface area contributed by atoms with Crippen LogP contribution in [0.4, 0.5) is 4.39 Å². The van der Waals surface area contributed by atoms with E-state index >= 15 is 0 Å². The van der Waals surface area contributed by atoms with Crippen molar-refractivity contribution in [2.75, 3.05) is 45.8 Å². The molecule has 1 aromatic carbocycles. The normalized spacial score (nSPS) is 22.0. The Morgan fingerprint density at radius 1 is 1.26 bits per heavy atom. The molecule has 1 unspecified atom stereocenters. The number of nitrogens with zero attached hydrogens (tertiary/aromatic N) is 2. The highest BCUT2D eigenvalue weighted by Gasteiger charge is 2.26. The minimum Gasteiger partial charge on any atom is -0.340 e. The predicted octanol–water partition coefficient (Wildman–Crippen LogP) is 0.390.